The van der Waals surface area contributed by atoms with Crippen LogP contribution in [0.1, 0.15) is 6.23 Å². The van der Waals surface area contributed by atoms with E-state index < -0.39 is 65.9 Å². The summed E-state index contributed by atoms with van der Waals surface area (Å²) in [4.78, 5) is 66.7. The molecular formula is C10H15N4Na3O15P3. The molecule has 1 aliphatic heterocycles. The van der Waals surface area contributed by atoms with Crippen LogP contribution in [0.5, 0.6) is 0 Å². The van der Waals surface area contributed by atoms with Crippen molar-refractivity contribution < 1.29 is 61.4 Å². The summed E-state index contributed by atoms with van der Waals surface area (Å²) in [5.74, 6) is 0. The summed E-state index contributed by atoms with van der Waals surface area (Å²) in [6.45, 7) is -1.04. The first-order valence-corrected chi connectivity index (χ1v) is 12.6. The van der Waals surface area contributed by atoms with Gasteiger partial charge in [0.2, 0.25) is 0 Å². The second kappa shape index (κ2) is 13.7. The zero-order valence-corrected chi connectivity index (χ0v) is 26.9. The number of aliphatic hydroxyl groups is 2. The zero-order chi connectivity index (χ0) is 24.1. The summed E-state index contributed by atoms with van der Waals surface area (Å²) < 4.78 is 51.4. The van der Waals surface area contributed by atoms with E-state index in [2.05, 4.69) is 23.1 Å². The van der Waals surface area contributed by atoms with Gasteiger partial charge in [0.1, 0.15) is 24.0 Å². The summed E-state index contributed by atoms with van der Waals surface area (Å²) in [6, 6.07) is 0. The van der Waals surface area contributed by atoms with Gasteiger partial charge in [-0.15, -0.1) is 0 Å². The van der Waals surface area contributed by atoms with Crippen LogP contribution < -0.4 is 11.2 Å². The second-order valence-corrected chi connectivity index (χ2v) is 10.6. The van der Waals surface area contributed by atoms with E-state index in [1.165, 1.54) is 0 Å². The minimum Gasteiger partial charge on any atom is -0.387 e. The Morgan fingerprint density at radius 2 is 1.57 bits per heavy atom. The Balaban J connectivity index is 0.00000385. The topological polar surface area (TPSA) is 293 Å². The quantitative estimate of drug-likeness (QED) is 0.108. The van der Waals surface area contributed by atoms with E-state index in [0.717, 1.165) is 10.9 Å². The Hall–Kier alpha value is 1.44. The predicted molar refractivity (Wildman–Crippen MR) is 114 cm³/mol. The van der Waals surface area contributed by atoms with Crippen molar-refractivity contribution in [1.82, 2.24) is 19.5 Å². The molecule has 1 fully saturated rings. The van der Waals surface area contributed by atoms with Crippen LogP contribution in [0.3, 0.4) is 0 Å². The number of aromatic nitrogens is 4. The van der Waals surface area contributed by atoms with E-state index in [1.807, 2.05) is 4.98 Å². The zero-order valence-electron chi connectivity index (χ0n) is 18.2. The average molecular weight is 593 g/mol. The molecule has 2 unspecified atom stereocenters. The van der Waals surface area contributed by atoms with Crippen molar-refractivity contribution in [3.8, 4) is 0 Å². The van der Waals surface area contributed by atoms with Crippen LogP contribution in [-0.4, -0.2) is 163 Å². The maximum Gasteiger partial charge on any atom is 0.490 e. The molecule has 0 saturated carbocycles. The van der Waals surface area contributed by atoms with Crippen molar-refractivity contribution in [1.29, 1.82) is 0 Å². The standard InChI is InChI=1S/C10H15N4O15P3.3Na/c15-5-3(1-26-31(22,23)29-32(24,25)28-30(19,20)21)27-9(6(5)16)14-2-11-4-7(14)12-10(18)13-8(4)17;;;/h2-3,5-6,9,15-16H,1H2,(H,22,23)(H,24,25)(H2,19,20,21)(H2,12,13,17,18);;;/t3-,5-,6-,9-;;;/m1.../s1. The number of aliphatic hydroxyl groups excluding tert-OH is 2. The molecule has 2 aromatic rings. The molecule has 183 valence electrons. The number of nitrogens with one attached hydrogen (secondary N) is 2. The molecule has 1 aliphatic rings. The third-order valence-electron chi connectivity index (χ3n) is 3.90. The summed E-state index contributed by atoms with van der Waals surface area (Å²) in [5, 5.41) is 20.3. The molecule has 0 spiro atoms. The van der Waals surface area contributed by atoms with Crippen LogP contribution in [0, 0.1) is 0 Å². The second-order valence-electron chi connectivity index (χ2n) is 6.19. The van der Waals surface area contributed by atoms with Crippen LogP contribution in [0.15, 0.2) is 15.9 Å². The van der Waals surface area contributed by atoms with E-state index in [-0.39, 0.29) is 99.8 Å². The molecule has 0 amide bonds. The maximum absolute atomic E-state index is 11.8. The molecule has 2 aromatic heterocycles. The van der Waals surface area contributed by atoms with E-state index in [0.29, 0.717) is 0 Å². The van der Waals surface area contributed by atoms with Gasteiger partial charge >= 0.3 is 29.2 Å². The molecule has 0 aliphatic carbocycles. The summed E-state index contributed by atoms with van der Waals surface area (Å²) >= 11 is 0. The molecule has 6 atom stereocenters. The van der Waals surface area contributed by atoms with E-state index in [9.17, 15) is 38.4 Å². The van der Waals surface area contributed by atoms with E-state index in [1.54, 1.807) is 0 Å². The van der Waals surface area contributed by atoms with Gasteiger partial charge < -0.3 is 34.5 Å². The average Bonchev–Trinajstić information content (AvgIpc) is 3.12. The van der Waals surface area contributed by atoms with Crippen molar-refractivity contribution in [2.24, 2.45) is 0 Å². The number of imidazole rings is 1. The summed E-state index contributed by atoms with van der Waals surface area (Å²) in [7, 11) is -16.8. The normalized spacial score (nSPS) is 25.5. The van der Waals surface area contributed by atoms with Crippen LogP contribution in [0.25, 0.3) is 11.2 Å². The summed E-state index contributed by atoms with van der Waals surface area (Å²) in [5.41, 5.74) is -2.16. The van der Waals surface area contributed by atoms with Crippen molar-refractivity contribution in [2.75, 3.05) is 6.61 Å². The molecule has 1 saturated heterocycles. The molecule has 3 radical (unpaired) electrons. The Morgan fingerprint density at radius 3 is 2.14 bits per heavy atom. The fourth-order valence-corrected chi connectivity index (χ4v) is 5.74. The molecule has 19 nitrogen and oxygen atoms in total. The van der Waals surface area contributed by atoms with Crippen LogP contribution in [-0.2, 0) is 31.6 Å². The molecule has 0 aromatic carbocycles. The Morgan fingerprint density at radius 1 is 0.971 bits per heavy atom. The van der Waals surface area contributed by atoms with Crippen LogP contribution >= 0.6 is 23.5 Å². The molecule has 0 bridgehead atoms. The largest absolute Gasteiger partial charge is 0.490 e. The number of hydrogen-bond acceptors (Lipinski definition) is 12. The SMILES string of the molecule is O=c1[nH]c(=O)c2ncn([C@@H]3O[C@H](COP(=O)(O)OP(=O)(O)OP(=O)(O)O)[C@@H](O)[C@H]3O)c2[nH]1.[Na].[Na].[Na]. The van der Waals surface area contributed by atoms with Crippen molar-refractivity contribution in [2.45, 2.75) is 24.5 Å². The molecule has 25 heteroatoms. The van der Waals surface area contributed by atoms with Crippen molar-refractivity contribution in [3.63, 3.8) is 0 Å². The van der Waals surface area contributed by atoms with E-state index in [4.69, 9.17) is 19.4 Å². The van der Waals surface area contributed by atoms with Gasteiger partial charge in [-0.2, -0.15) is 8.62 Å². The fourth-order valence-electron chi connectivity index (χ4n) is 2.71. The first-order valence-electron chi connectivity index (χ1n) is 8.08. The van der Waals surface area contributed by atoms with Crippen LogP contribution in [0.2, 0.25) is 0 Å². The number of nitrogens with zero attached hydrogens (tertiary/aromatic N) is 2. The van der Waals surface area contributed by atoms with Gasteiger partial charge in [0.05, 0.1) is 12.9 Å². The first-order chi connectivity index (χ1) is 14.6. The maximum atomic E-state index is 11.8. The molecule has 3 heterocycles. The van der Waals surface area contributed by atoms with Crippen LogP contribution in [0.4, 0.5) is 0 Å². The monoisotopic (exact) mass is 593 g/mol. The number of fused-ring (bicyclic) bond motifs is 1. The summed E-state index contributed by atoms with van der Waals surface area (Å²) in [6.07, 6.45) is -5.54. The van der Waals surface area contributed by atoms with Gasteiger partial charge in [-0.1, -0.05) is 0 Å². The predicted octanol–water partition coefficient (Wildman–Crippen LogP) is -3.77. The number of phosphoric acid groups is 3. The minimum atomic E-state index is -5.75. The van der Waals surface area contributed by atoms with Gasteiger partial charge in [-0.25, -0.2) is 23.5 Å². The Kier molecular flexibility index (Phi) is 14.2. The molecular weight excluding hydrogens is 578 g/mol. The van der Waals surface area contributed by atoms with Gasteiger partial charge in [-0.3, -0.25) is 23.9 Å². The first kappa shape index (κ1) is 36.4. The Bertz CT molecular complexity index is 1280. The number of ether oxygens (including phenoxy) is 1. The van der Waals surface area contributed by atoms with Gasteiger partial charge in [0.15, 0.2) is 11.7 Å². The number of aromatic amines is 2. The smallest absolute Gasteiger partial charge is 0.387 e. The number of rotatable bonds is 8. The molecule has 35 heavy (non-hydrogen) atoms. The van der Waals surface area contributed by atoms with Gasteiger partial charge in [0.25, 0.3) is 5.56 Å². The Labute approximate surface area is 259 Å². The molecule has 3 rings (SSSR count). The van der Waals surface area contributed by atoms with Crippen molar-refractivity contribution >= 4 is 123 Å². The fraction of sp³-hybridized carbons (Fsp3) is 0.500. The van der Waals surface area contributed by atoms with Gasteiger partial charge in [0, 0.05) is 88.7 Å². The third-order valence-corrected chi connectivity index (χ3v) is 7.70. The van der Waals surface area contributed by atoms with Gasteiger partial charge in [-0.05, 0) is 0 Å². The third kappa shape index (κ3) is 9.54. The number of hydrogen-bond donors (Lipinski definition) is 8. The molecule has 8 N–H and O–H groups in total. The van der Waals surface area contributed by atoms with E-state index >= 15 is 0 Å². The number of phosphoric ester groups is 1. The van der Waals surface area contributed by atoms with Crippen molar-refractivity contribution in [3.05, 3.63) is 27.2 Å². The minimum absolute atomic E-state index is 0. The number of H-pyrrole nitrogens is 2.